The Labute approximate surface area is 117 Å². The Morgan fingerprint density at radius 2 is 1.85 bits per heavy atom. The van der Waals surface area contributed by atoms with Crippen molar-refractivity contribution in [2.45, 2.75) is 38.9 Å². The number of hydrogen-bond donors (Lipinski definition) is 1. The quantitative estimate of drug-likeness (QED) is 0.295. The van der Waals surface area contributed by atoms with Gasteiger partial charge in [0.15, 0.2) is 0 Å². The minimum Gasteiger partial charge on any atom is -0.622 e. The fourth-order valence-corrected chi connectivity index (χ4v) is 2.64. The van der Waals surface area contributed by atoms with E-state index in [0.717, 1.165) is 0 Å². The maximum atomic E-state index is 12.7. The Hall–Kier alpha value is -1.92. The lowest BCUT2D eigenvalue weighted by Gasteiger charge is -2.29. The summed E-state index contributed by atoms with van der Waals surface area (Å²) >= 11 is 0. The van der Waals surface area contributed by atoms with E-state index in [1.807, 2.05) is 18.2 Å². The molecule has 1 aliphatic heterocycles. The fourth-order valence-electron chi connectivity index (χ4n) is 2.64. The van der Waals surface area contributed by atoms with Crippen molar-refractivity contribution in [3.63, 3.8) is 0 Å². The molecule has 1 unspecified atom stereocenters. The minimum atomic E-state index is -1.55. The van der Waals surface area contributed by atoms with Gasteiger partial charge in [0.1, 0.15) is 11.3 Å². The Morgan fingerprint density at radius 1 is 1.30 bits per heavy atom. The lowest BCUT2D eigenvalue weighted by atomic mass is 9.92. The average molecular weight is 276 g/mol. The Balaban J connectivity index is 2.71. The van der Waals surface area contributed by atoms with Gasteiger partial charge in [-0.1, -0.05) is 28.4 Å². The van der Waals surface area contributed by atoms with E-state index in [2.05, 4.69) is 5.16 Å². The lowest BCUT2D eigenvalue weighted by molar-refractivity contribution is -0.567. The number of oxime groups is 1. The fraction of sp³-hybridized carbons (Fsp3) is 0.429. The summed E-state index contributed by atoms with van der Waals surface area (Å²) in [4.78, 5) is 0. The molecule has 20 heavy (non-hydrogen) atoms. The molecule has 0 fully saturated rings. The second-order valence-corrected chi connectivity index (χ2v) is 5.57. The molecule has 0 bridgehead atoms. The third-order valence-electron chi connectivity index (χ3n) is 3.96. The van der Waals surface area contributed by atoms with Crippen LogP contribution in [0.4, 0.5) is 0 Å². The second-order valence-electron chi connectivity index (χ2n) is 5.57. The first-order chi connectivity index (χ1) is 9.27. The molecule has 1 N–H and O–H groups in total. The molecule has 1 radical (unpaired) electrons. The third kappa shape index (κ3) is 1.72. The summed E-state index contributed by atoms with van der Waals surface area (Å²) in [6.45, 7) is 6.28. The summed E-state index contributed by atoms with van der Waals surface area (Å²) in [5.41, 5.74) is -1.48. The third-order valence-corrected chi connectivity index (χ3v) is 3.96. The first-order valence-corrected chi connectivity index (χ1v) is 6.34. The maximum absolute atomic E-state index is 12.7. The van der Waals surface area contributed by atoms with Crippen LogP contribution in [0.5, 0.6) is 0 Å². The molecule has 0 amide bonds. The van der Waals surface area contributed by atoms with Gasteiger partial charge < -0.3 is 10.4 Å². The molecule has 6 nitrogen and oxygen atoms in total. The van der Waals surface area contributed by atoms with Gasteiger partial charge in [0.05, 0.1) is 0 Å². The van der Waals surface area contributed by atoms with Crippen molar-refractivity contribution in [2.24, 2.45) is 5.16 Å². The van der Waals surface area contributed by atoms with Crippen LogP contribution in [0.15, 0.2) is 35.5 Å². The molecule has 0 saturated carbocycles. The largest absolute Gasteiger partial charge is 0.622 e. The molecule has 0 aromatic heterocycles. The monoisotopic (exact) mass is 276 g/mol. The maximum Gasteiger partial charge on any atom is 0.293 e. The van der Waals surface area contributed by atoms with Crippen LogP contribution in [0.3, 0.4) is 0 Å². The van der Waals surface area contributed by atoms with Gasteiger partial charge in [-0.15, -0.1) is 5.21 Å². The highest BCUT2D eigenvalue weighted by molar-refractivity contribution is 6.06. The van der Waals surface area contributed by atoms with Gasteiger partial charge in [-0.05, 0) is 32.9 Å². The van der Waals surface area contributed by atoms with Crippen LogP contribution in [0, 0.1) is 5.21 Å². The normalized spacial score (nSPS) is 27.1. The molecule has 2 rings (SSSR count). The van der Waals surface area contributed by atoms with Crippen molar-refractivity contribution in [3.05, 3.63) is 41.1 Å². The number of hydrogen-bond acceptors (Lipinski definition) is 4. The molecule has 1 aromatic rings. The molecule has 1 aliphatic rings. The minimum absolute atomic E-state index is 0.0570. The van der Waals surface area contributed by atoms with Crippen LogP contribution in [-0.4, -0.2) is 37.6 Å². The summed E-state index contributed by atoms with van der Waals surface area (Å²) in [6.07, 6.45) is 0. The molecule has 0 spiro atoms. The van der Waals surface area contributed by atoms with Crippen LogP contribution >= 0.6 is 0 Å². The van der Waals surface area contributed by atoms with Gasteiger partial charge in [0.2, 0.25) is 5.71 Å². The number of benzene rings is 1. The zero-order valence-electron chi connectivity index (χ0n) is 12.0. The smallest absolute Gasteiger partial charge is 0.293 e. The number of rotatable bonds is 2. The van der Waals surface area contributed by atoms with Crippen molar-refractivity contribution >= 4 is 11.4 Å². The molecule has 0 aliphatic carbocycles. The zero-order chi connectivity index (χ0) is 15.1. The first-order valence-electron chi connectivity index (χ1n) is 6.34. The molecular weight excluding hydrogens is 258 g/mol. The number of nitrogens with zero attached hydrogens (tertiary/aromatic N) is 3. The van der Waals surface area contributed by atoms with Crippen LogP contribution in [0.25, 0.3) is 0 Å². The molecule has 6 heteroatoms. The van der Waals surface area contributed by atoms with Gasteiger partial charge in [0, 0.05) is 12.5 Å². The Kier molecular flexibility index (Phi) is 3.31. The second kappa shape index (κ2) is 4.57. The zero-order valence-corrected chi connectivity index (χ0v) is 12.0. The van der Waals surface area contributed by atoms with Crippen LogP contribution in [0.2, 0.25) is 0 Å². The molecule has 1 atom stereocenters. The summed E-state index contributed by atoms with van der Waals surface area (Å²) in [5.74, 6) is 0. The van der Waals surface area contributed by atoms with E-state index in [0.29, 0.717) is 21.1 Å². The highest BCUT2D eigenvalue weighted by Gasteiger charge is 2.62. The van der Waals surface area contributed by atoms with E-state index in [1.165, 1.54) is 13.8 Å². The van der Waals surface area contributed by atoms with Gasteiger partial charge in [0.25, 0.3) is 5.66 Å². The first kappa shape index (κ1) is 14.5. The summed E-state index contributed by atoms with van der Waals surface area (Å²) < 4.78 is 0.643. The molecule has 0 saturated heterocycles. The summed E-state index contributed by atoms with van der Waals surface area (Å²) in [6, 6.07) is 9.03. The molecule has 1 aromatic carbocycles. The molecule has 1 heterocycles. The highest BCUT2D eigenvalue weighted by Crippen LogP contribution is 2.36. The topological polar surface area (TPSA) is 81.8 Å². The van der Waals surface area contributed by atoms with E-state index in [-0.39, 0.29) is 5.71 Å². The van der Waals surface area contributed by atoms with Crippen molar-refractivity contribution < 1.29 is 15.2 Å². The van der Waals surface area contributed by atoms with Crippen molar-refractivity contribution in [1.82, 2.24) is 5.06 Å². The van der Waals surface area contributed by atoms with Crippen molar-refractivity contribution in [2.75, 3.05) is 0 Å². The van der Waals surface area contributed by atoms with Crippen LogP contribution in [0.1, 0.15) is 33.3 Å². The molecular formula is C14H18N3O3. The SMILES string of the molecule is C/C(=N\O)C1(C)N([O])C(C)(C)C(c2ccccc2)=[N+]1[O-]. The van der Waals surface area contributed by atoms with Crippen molar-refractivity contribution in [3.8, 4) is 0 Å². The van der Waals surface area contributed by atoms with Gasteiger partial charge in [-0.25, -0.2) is 0 Å². The average Bonchev–Trinajstić information content (AvgIpc) is 2.58. The standard InChI is InChI=1S/C14H18N3O3/c1-10(15-18)14(4)16(19)12(13(2,3)17(14)20)11-8-6-5-7-9-11/h5-9,18H,1-4H3/b15-10+. The van der Waals surface area contributed by atoms with E-state index >= 15 is 0 Å². The summed E-state index contributed by atoms with van der Waals surface area (Å²) in [7, 11) is 0. The van der Waals surface area contributed by atoms with Gasteiger partial charge in [-0.3, -0.25) is 0 Å². The lowest BCUT2D eigenvalue weighted by Crippen LogP contribution is -2.56. The Bertz CT molecular complexity index is 581. The van der Waals surface area contributed by atoms with Gasteiger partial charge >= 0.3 is 0 Å². The highest BCUT2D eigenvalue weighted by atomic mass is 16.6. The van der Waals surface area contributed by atoms with E-state index < -0.39 is 11.2 Å². The predicted molar refractivity (Wildman–Crippen MR) is 74.1 cm³/mol. The summed E-state index contributed by atoms with van der Waals surface area (Å²) in [5, 5.41) is 38.0. The van der Waals surface area contributed by atoms with E-state index in [4.69, 9.17) is 5.21 Å². The Morgan fingerprint density at radius 3 is 2.35 bits per heavy atom. The van der Waals surface area contributed by atoms with Crippen molar-refractivity contribution in [1.29, 1.82) is 0 Å². The number of hydroxylamine groups is 3. The van der Waals surface area contributed by atoms with E-state index in [9.17, 15) is 10.4 Å². The van der Waals surface area contributed by atoms with Gasteiger partial charge in [-0.2, -0.15) is 4.74 Å². The predicted octanol–water partition coefficient (Wildman–Crippen LogP) is 1.99. The van der Waals surface area contributed by atoms with E-state index in [1.54, 1.807) is 26.0 Å². The molecule has 107 valence electrons. The van der Waals surface area contributed by atoms with Crippen LogP contribution < -0.4 is 0 Å². The van der Waals surface area contributed by atoms with Crippen LogP contribution in [-0.2, 0) is 5.21 Å².